The molecule has 1 N–H and O–H groups in total. The van der Waals surface area contributed by atoms with Gasteiger partial charge >= 0.3 is 0 Å². The van der Waals surface area contributed by atoms with Crippen molar-refractivity contribution in [2.24, 2.45) is 0 Å². The zero-order chi connectivity index (χ0) is 17.9. The van der Waals surface area contributed by atoms with E-state index in [4.69, 9.17) is 23.7 Å². The van der Waals surface area contributed by atoms with Crippen LogP contribution in [0.25, 0.3) is 0 Å². The second-order valence-corrected chi connectivity index (χ2v) is 6.85. The maximum absolute atomic E-state index is 5.47. The fraction of sp³-hybridized carbons (Fsp3) is 0.941. The molecule has 146 valence electrons. The number of nitrogens with one attached hydrogen (secondary N) is 1. The van der Waals surface area contributed by atoms with Gasteiger partial charge in [-0.25, -0.2) is 11.4 Å². The van der Waals surface area contributed by atoms with Crippen LogP contribution in [0.3, 0.4) is 0 Å². The summed E-state index contributed by atoms with van der Waals surface area (Å²) in [5, 5.41) is 3.92. The van der Waals surface area contributed by atoms with Crippen LogP contribution in [0.15, 0.2) is 0 Å². The summed E-state index contributed by atoms with van der Waals surface area (Å²) in [7, 11) is 0. The molecule has 1 unspecified atom stereocenters. The molecule has 0 radical (unpaired) electrons. The highest BCUT2D eigenvalue weighted by Crippen LogP contribution is 1.93. The third-order valence-corrected chi connectivity index (χ3v) is 3.78. The predicted molar refractivity (Wildman–Crippen MR) is 103 cm³/mol. The first-order chi connectivity index (χ1) is 11.7. The van der Waals surface area contributed by atoms with Gasteiger partial charge in [-0.05, 0) is 13.8 Å². The van der Waals surface area contributed by atoms with Gasteiger partial charge in [0.05, 0.1) is 65.6 Å². The lowest BCUT2D eigenvalue weighted by molar-refractivity contribution is -0.0174. The summed E-state index contributed by atoms with van der Waals surface area (Å²) >= 11 is 1.18. The Bertz CT molecular complexity index is 269. The van der Waals surface area contributed by atoms with Gasteiger partial charge in [0, 0.05) is 18.3 Å². The van der Waals surface area contributed by atoms with Crippen molar-refractivity contribution in [1.29, 1.82) is 0 Å². The molecule has 0 heterocycles. The molecule has 0 rings (SSSR count). The average Bonchev–Trinajstić information content (AvgIpc) is 2.57. The maximum atomic E-state index is 5.47. The van der Waals surface area contributed by atoms with Gasteiger partial charge in [-0.2, -0.15) is 0 Å². The summed E-state index contributed by atoms with van der Waals surface area (Å²) < 4.78 is 27.0. The van der Waals surface area contributed by atoms with Crippen LogP contribution >= 0.6 is 11.4 Å². The van der Waals surface area contributed by atoms with Crippen molar-refractivity contribution >= 4 is 17.2 Å². The summed E-state index contributed by atoms with van der Waals surface area (Å²) in [5.41, 5.74) is 0. The molecule has 0 amide bonds. The van der Waals surface area contributed by atoms with Crippen molar-refractivity contribution in [3.63, 3.8) is 0 Å². The van der Waals surface area contributed by atoms with Crippen LogP contribution < -0.4 is 5.32 Å². The van der Waals surface area contributed by atoms with E-state index in [9.17, 15) is 0 Å². The van der Waals surface area contributed by atoms with Crippen LogP contribution in [-0.2, 0) is 23.7 Å². The quantitative estimate of drug-likeness (QED) is 0.204. The van der Waals surface area contributed by atoms with Gasteiger partial charge < -0.3 is 29.0 Å². The lowest BCUT2D eigenvalue weighted by atomic mass is 10.4. The van der Waals surface area contributed by atoms with Gasteiger partial charge in [-0.3, -0.25) is 0 Å². The topological polar surface area (TPSA) is 58.2 Å². The number of rotatable bonds is 19. The van der Waals surface area contributed by atoms with E-state index in [1.165, 1.54) is 11.4 Å². The SMILES string of the molecule is C=[SH]C(C)CNCCOCCOCCOCCOCCOC(C)C. The Morgan fingerprint density at radius 1 is 0.750 bits per heavy atom. The third-order valence-electron chi connectivity index (χ3n) is 2.97. The molecule has 0 saturated heterocycles. The third kappa shape index (κ3) is 20.0. The van der Waals surface area contributed by atoms with Gasteiger partial charge in [0.15, 0.2) is 0 Å². The smallest absolute Gasteiger partial charge is 0.0703 e. The number of ether oxygens (including phenoxy) is 5. The van der Waals surface area contributed by atoms with Crippen LogP contribution in [-0.4, -0.2) is 89.8 Å². The Labute approximate surface area is 151 Å². The second-order valence-electron chi connectivity index (χ2n) is 5.60. The van der Waals surface area contributed by atoms with Gasteiger partial charge in [0.2, 0.25) is 0 Å². The minimum absolute atomic E-state index is 0.254. The van der Waals surface area contributed by atoms with E-state index in [0.717, 1.165) is 13.1 Å². The number of thiol groups is 1. The number of hydrogen-bond donors (Lipinski definition) is 2. The molecule has 0 aliphatic rings. The van der Waals surface area contributed by atoms with Crippen LogP contribution in [0.1, 0.15) is 20.8 Å². The van der Waals surface area contributed by atoms with E-state index >= 15 is 0 Å². The highest BCUT2D eigenvalue weighted by atomic mass is 32.1. The van der Waals surface area contributed by atoms with Crippen molar-refractivity contribution < 1.29 is 23.7 Å². The summed E-state index contributed by atoms with van der Waals surface area (Å²) in [5.74, 6) is 3.85. The van der Waals surface area contributed by atoms with Crippen molar-refractivity contribution in [1.82, 2.24) is 5.32 Å². The van der Waals surface area contributed by atoms with Crippen molar-refractivity contribution in [2.45, 2.75) is 32.1 Å². The molecule has 7 heteroatoms. The molecule has 0 aliphatic heterocycles. The first kappa shape index (κ1) is 24.0. The van der Waals surface area contributed by atoms with Crippen LogP contribution in [0, 0.1) is 0 Å². The van der Waals surface area contributed by atoms with Crippen LogP contribution in [0.5, 0.6) is 0 Å². The highest BCUT2D eigenvalue weighted by molar-refractivity contribution is 7.97. The second kappa shape index (κ2) is 19.3. The molecular weight excluding hydrogens is 330 g/mol. The van der Waals surface area contributed by atoms with Gasteiger partial charge in [-0.1, -0.05) is 12.8 Å². The molecule has 0 aromatic heterocycles. The Morgan fingerprint density at radius 3 is 1.67 bits per heavy atom. The van der Waals surface area contributed by atoms with E-state index in [1.807, 2.05) is 13.8 Å². The van der Waals surface area contributed by atoms with Crippen molar-refractivity contribution in [2.75, 3.05) is 72.6 Å². The summed E-state index contributed by atoms with van der Waals surface area (Å²) in [6.45, 7) is 13.5. The molecule has 0 fully saturated rings. The minimum atomic E-state index is 0.254. The van der Waals surface area contributed by atoms with E-state index in [1.54, 1.807) is 0 Å². The summed E-state index contributed by atoms with van der Waals surface area (Å²) in [6, 6.07) is 0. The zero-order valence-corrected chi connectivity index (χ0v) is 16.5. The lowest BCUT2D eigenvalue weighted by Crippen LogP contribution is -2.26. The van der Waals surface area contributed by atoms with E-state index in [-0.39, 0.29) is 6.10 Å². The average molecular weight is 368 g/mol. The minimum Gasteiger partial charge on any atom is -0.378 e. The Balaban J connectivity index is 3.01. The first-order valence-corrected chi connectivity index (χ1v) is 9.90. The van der Waals surface area contributed by atoms with E-state index < -0.39 is 0 Å². The molecule has 0 aromatic carbocycles. The Hall–Kier alpha value is -0.0200. The largest absolute Gasteiger partial charge is 0.378 e. The van der Waals surface area contributed by atoms with Gasteiger partial charge in [0.25, 0.3) is 0 Å². The first-order valence-electron chi connectivity index (χ1n) is 8.76. The molecule has 0 aromatic rings. The van der Waals surface area contributed by atoms with Crippen molar-refractivity contribution in [3.8, 4) is 0 Å². The van der Waals surface area contributed by atoms with Gasteiger partial charge in [-0.15, -0.1) is 0 Å². The molecule has 0 bridgehead atoms. The predicted octanol–water partition coefficient (Wildman–Crippen LogP) is 1.35. The maximum Gasteiger partial charge on any atom is 0.0703 e. The van der Waals surface area contributed by atoms with Crippen LogP contribution in [0.2, 0.25) is 0 Å². The molecule has 24 heavy (non-hydrogen) atoms. The molecule has 0 saturated carbocycles. The fourth-order valence-electron chi connectivity index (χ4n) is 1.62. The molecule has 6 nitrogen and oxygen atoms in total. The van der Waals surface area contributed by atoms with E-state index in [0.29, 0.717) is 64.7 Å². The van der Waals surface area contributed by atoms with Gasteiger partial charge in [0.1, 0.15) is 0 Å². The summed E-state index contributed by atoms with van der Waals surface area (Å²) in [6.07, 6.45) is 0.254. The van der Waals surface area contributed by atoms with Crippen molar-refractivity contribution in [3.05, 3.63) is 0 Å². The Kier molecular flexibility index (Phi) is 19.3. The van der Waals surface area contributed by atoms with Crippen LogP contribution in [0.4, 0.5) is 0 Å². The fourth-order valence-corrected chi connectivity index (χ4v) is 1.88. The lowest BCUT2D eigenvalue weighted by Gasteiger charge is -2.10. The van der Waals surface area contributed by atoms with E-state index in [2.05, 4.69) is 18.1 Å². The standard InChI is InChI=1S/C17H37NO5S/c1-16(2)23-14-13-22-12-11-21-10-9-20-8-7-19-6-5-18-15-17(3)24-4/h16-18,24H,4-15H2,1-3H3. The highest BCUT2D eigenvalue weighted by Gasteiger charge is 1.96. The molecular formula is C17H37NO5S. The number of hydrogen-bond acceptors (Lipinski definition) is 6. The Morgan fingerprint density at radius 2 is 1.21 bits per heavy atom. The molecule has 1 atom stereocenters. The molecule has 0 aliphatic carbocycles. The summed E-state index contributed by atoms with van der Waals surface area (Å²) in [4.78, 5) is 0. The molecule has 0 spiro atoms. The zero-order valence-electron chi connectivity index (χ0n) is 15.6. The normalized spacial score (nSPS) is 12.8. The monoisotopic (exact) mass is 367 g/mol.